The average molecular weight is 299 g/mol. The number of anilines is 1. The maximum atomic E-state index is 5.77. The third kappa shape index (κ3) is 4.99. The van der Waals surface area contributed by atoms with Crippen LogP contribution in [0.25, 0.3) is 0 Å². The van der Waals surface area contributed by atoms with Gasteiger partial charge in [-0.05, 0) is 61.7 Å². The number of nitrogens with one attached hydrogen (secondary N) is 1. The SMILES string of the molecule is CCC(C)Oc1ccc(NCCc2ccc(OC)cc2)cc1. The summed E-state index contributed by atoms with van der Waals surface area (Å²) in [5.41, 5.74) is 2.41. The zero-order valence-corrected chi connectivity index (χ0v) is 13.6. The lowest BCUT2D eigenvalue weighted by molar-refractivity contribution is 0.217. The molecule has 3 heteroatoms. The minimum atomic E-state index is 0.258. The van der Waals surface area contributed by atoms with Gasteiger partial charge in [-0.1, -0.05) is 19.1 Å². The number of hydrogen-bond donors (Lipinski definition) is 1. The van der Waals surface area contributed by atoms with E-state index in [1.807, 2.05) is 24.3 Å². The van der Waals surface area contributed by atoms with Gasteiger partial charge >= 0.3 is 0 Å². The van der Waals surface area contributed by atoms with Gasteiger partial charge in [0.15, 0.2) is 0 Å². The van der Waals surface area contributed by atoms with Gasteiger partial charge in [-0.3, -0.25) is 0 Å². The zero-order valence-electron chi connectivity index (χ0n) is 13.6. The summed E-state index contributed by atoms with van der Waals surface area (Å²) in [4.78, 5) is 0. The van der Waals surface area contributed by atoms with E-state index >= 15 is 0 Å². The first kappa shape index (κ1) is 16.2. The molecule has 0 aliphatic heterocycles. The van der Waals surface area contributed by atoms with E-state index in [0.717, 1.165) is 36.6 Å². The Hall–Kier alpha value is -2.16. The third-order valence-electron chi connectivity index (χ3n) is 3.67. The maximum Gasteiger partial charge on any atom is 0.119 e. The molecule has 0 aliphatic carbocycles. The van der Waals surface area contributed by atoms with Gasteiger partial charge in [-0.15, -0.1) is 0 Å². The fourth-order valence-electron chi connectivity index (χ4n) is 2.11. The predicted molar refractivity (Wildman–Crippen MR) is 92.0 cm³/mol. The summed E-state index contributed by atoms with van der Waals surface area (Å²) in [6, 6.07) is 16.3. The molecule has 0 spiro atoms. The fourth-order valence-corrected chi connectivity index (χ4v) is 2.11. The van der Waals surface area contributed by atoms with Crippen molar-refractivity contribution in [2.24, 2.45) is 0 Å². The average Bonchev–Trinajstić information content (AvgIpc) is 2.57. The maximum absolute atomic E-state index is 5.77. The number of benzene rings is 2. The quantitative estimate of drug-likeness (QED) is 0.777. The summed E-state index contributed by atoms with van der Waals surface area (Å²) < 4.78 is 10.9. The molecular weight excluding hydrogens is 274 g/mol. The standard InChI is InChI=1S/C19H25NO2/c1-4-15(2)22-19-11-7-17(8-12-19)20-14-13-16-5-9-18(21-3)10-6-16/h5-12,15,20H,4,13-14H2,1-3H3. The first-order chi connectivity index (χ1) is 10.7. The Morgan fingerprint density at radius 3 is 2.18 bits per heavy atom. The molecule has 0 radical (unpaired) electrons. The monoisotopic (exact) mass is 299 g/mol. The number of rotatable bonds is 8. The van der Waals surface area contributed by atoms with Crippen LogP contribution in [-0.2, 0) is 6.42 Å². The molecule has 2 aromatic carbocycles. The molecule has 0 bridgehead atoms. The normalized spacial score (nSPS) is 11.8. The molecule has 1 atom stereocenters. The minimum absolute atomic E-state index is 0.258. The summed E-state index contributed by atoms with van der Waals surface area (Å²) in [5.74, 6) is 1.82. The van der Waals surface area contributed by atoms with Gasteiger partial charge in [-0.2, -0.15) is 0 Å². The molecule has 118 valence electrons. The van der Waals surface area contributed by atoms with Gasteiger partial charge in [0.1, 0.15) is 11.5 Å². The van der Waals surface area contributed by atoms with Crippen molar-refractivity contribution in [1.29, 1.82) is 0 Å². The van der Waals surface area contributed by atoms with E-state index in [4.69, 9.17) is 9.47 Å². The van der Waals surface area contributed by atoms with Crippen molar-refractivity contribution < 1.29 is 9.47 Å². The molecule has 3 nitrogen and oxygen atoms in total. The second-order valence-electron chi connectivity index (χ2n) is 5.39. The minimum Gasteiger partial charge on any atom is -0.497 e. The number of hydrogen-bond acceptors (Lipinski definition) is 3. The Morgan fingerprint density at radius 1 is 0.955 bits per heavy atom. The van der Waals surface area contributed by atoms with Crippen molar-refractivity contribution in [2.45, 2.75) is 32.8 Å². The van der Waals surface area contributed by atoms with Crippen LogP contribution in [-0.4, -0.2) is 19.8 Å². The Bertz CT molecular complexity index is 549. The van der Waals surface area contributed by atoms with Crippen LogP contribution >= 0.6 is 0 Å². The summed E-state index contributed by atoms with van der Waals surface area (Å²) in [5, 5.41) is 3.43. The molecule has 0 saturated carbocycles. The van der Waals surface area contributed by atoms with Crippen LogP contribution in [0.3, 0.4) is 0 Å². The Balaban J connectivity index is 1.78. The predicted octanol–water partition coefficient (Wildman–Crippen LogP) is 4.53. The molecule has 1 unspecified atom stereocenters. The molecule has 1 N–H and O–H groups in total. The van der Waals surface area contributed by atoms with Crippen LogP contribution in [0.5, 0.6) is 11.5 Å². The fraction of sp³-hybridized carbons (Fsp3) is 0.368. The smallest absolute Gasteiger partial charge is 0.119 e. The molecule has 0 heterocycles. The van der Waals surface area contributed by atoms with Crippen molar-refractivity contribution in [3.63, 3.8) is 0 Å². The Kier molecular flexibility index (Phi) is 6.13. The molecule has 0 saturated heterocycles. The molecule has 2 rings (SSSR count). The lowest BCUT2D eigenvalue weighted by Gasteiger charge is -2.13. The largest absolute Gasteiger partial charge is 0.497 e. The summed E-state index contributed by atoms with van der Waals surface area (Å²) >= 11 is 0. The Labute approximate surface area is 133 Å². The van der Waals surface area contributed by atoms with E-state index in [1.54, 1.807) is 7.11 Å². The lowest BCUT2D eigenvalue weighted by Crippen LogP contribution is -2.09. The van der Waals surface area contributed by atoms with Crippen LogP contribution < -0.4 is 14.8 Å². The van der Waals surface area contributed by atoms with E-state index in [9.17, 15) is 0 Å². The van der Waals surface area contributed by atoms with Crippen LogP contribution in [0.2, 0.25) is 0 Å². The topological polar surface area (TPSA) is 30.5 Å². The molecule has 2 aromatic rings. The highest BCUT2D eigenvalue weighted by Gasteiger charge is 2.01. The van der Waals surface area contributed by atoms with Gasteiger partial charge in [0.05, 0.1) is 13.2 Å². The Morgan fingerprint density at radius 2 is 1.59 bits per heavy atom. The van der Waals surface area contributed by atoms with Crippen molar-refractivity contribution in [3.8, 4) is 11.5 Å². The van der Waals surface area contributed by atoms with Gasteiger partial charge in [-0.25, -0.2) is 0 Å². The molecule has 0 aliphatic rings. The molecule has 0 fully saturated rings. The summed E-state index contributed by atoms with van der Waals surface area (Å²) in [6.07, 6.45) is 2.26. The van der Waals surface area contributed by atoms with Crippen molar-refractivity contribution in [1.82, 2.24) is 0 Å². The van der Waals surface area contributed by atoms with E-state index in [2.05, 4.69) is 43.4 Å². The van der Waals surface area contributed by atoms with Gasteiger partial charge in [0.25, 0.3) is 0 Å². The van der Waals surface area contributed by atoms with Gasteiger partial charge < -0.3 is 14.8 Å². The van der Waals surface area contributed by atoms with Crippen molar-refractivity contribution in [3.05, 3.63) is 54.1 Å². The first-order valence-electron chi connectivity index (χ1n) is 7.84. The zero-order chi connectivity index (χ0) is 15.8. The van der Waals surface area contributed by atoms with E-state index in [-0.39, 0.29) is 6.10 Å². The molecule has 0 aromatic heterocycles. The van der Waals surface area contributed by atoms with Crippen LogP contribution in [0.4, 0.5) is 5.69 Å². The highest BCUT2D eigenvalue weighted by molar-refractivity contribution is 5.46. The third-order valence-corrected chi connectivity index (χ3v) is 3.67. The van der Waals surface area contributed by atoms with E-state index in [1.165, 1.54) is 5.56 Å². The lowest BCUT2D eigenvalue weighted by atomic mass is 10.1. The van der Waals surface area contributed by atoms with Gasteiger partial charge in [0.2, 0.25) is 0 Å². The summed E-state index contributed by atoms with van der Waals surface area (Å²) in [7, 11) is 1.69. The highest BCUT2D eigenvalue weighted by atomic mass is 16.5. The van der Waals surface area contributed by atoms with Crippen molar-refractivity contribution >= 4 is 5.69 Å². The molecule has 22 heavy (non-hydrogen) atoms. The molecule has 0 amide bonds. The second kappa shape index (κ2) is 8.32. The second-order valence-corrected chi connectivity index (χ2v) is 5.39. The summed E-state index contributed by atoms with van der Waals surface area (Å²) in [6.45, 7) is 5.11. The van der Waals surface area contributed by atoms with E-state index < -0.39 is 0 Å². The first-order valence-corrected chi connectivity index (χ1v) is 7.84. The molecular formula is C19H25NO2. The van der Waals surface area contributed by atoms with Crippen molar-refractivity contribution in [2.75, 3.05) is 19.0 Å². The van der Waals surface area contributed by atoms with Crippen LogP contribution in [0, 0.1) is 0 Å². The van der Waals surface area contributed by atoms with Crippen LogP contribution in [0.1, 0.15) is 25.8 Å². The van der Waals surface area contributed by atoms with Crippen LogP contribution in [0.15, 0.2) is 48.5 Å². The highest BCUT2D eigenvalue weighted by Crippen LogP contribution is 2.18. The van der Waals surface area contributed by atoms with E-state index in [0.29, 0.717) is 0 Å². The van der Waals surface area contributed by atoms with Gasteiger partial charge in [0, 0.05) is 12.2 Å². The number of methoxy groups -OCH3 is 1. The number of ether oxygens (including phenoxy) is 2.